The van der Waals surface area contributed by atoms with Crippen molar-refractivity contribution in [2.24, 2.45) is 0 Å². The third-order valence-electron chi connectivity index (χ3n) is 5.38. The fourth-order valence-corrected chi connectivity index (χ4v) is 3.14. The zero-order valence-corrected chi connectivity index (χ0v) is 19.6. The Morgan fingerprint density at radius 2 is 1.61 bits per heavy atom. The number of hydrogen-bond donors (Lipinski definition) is 2. The Morgan fingerprint density at radius 3 is 2.27 bits per heavy atom. The maximum absolute atomic E-state index is 12.5. The van der Waals surface area contributed by atoms with Crippen LogP contribution in [-0.2, 0) is 11.3 Å². The summed E-state index contributed by atoms with van der Waals surface area (Å²) in [6, 6.07) is 18.4. The molecule has 0 saturated carbocycles. The third kappa shape index (κ3) is 6.13. The molecular formula is C27H29NO5. The lowest BCUT2D eigenvalue weighted by molar-refractivity contribution is -0.152. The summed E-state index contributed by atoms with van der Waals surface area (Å²) in [7, 11) is 0. The highest BCUT2D eigenvalue weighted by Crippen LogP contribution is 2.30. The monoisotopic (exact) mass is 447 g/mol. The van der Waals surface area contributed by atoms with Crippen LogP contribution in [-0.4, -0.2) is 22.6 Å². The number of aliphatic carboxylic acids is 1. The first-order valence-electron chi connectivity index (χ1n) is 10.7. The van der Waals surface area contributed by atoms with Gasteiger partial charge in [-0.05, 0) is 99.3 Å². The summed E-state index contributed by atoms with van der Waals surface area (Å²) >= 11 is 0. The molecule has 0 fully saturated rings. The minimum Gasteiger partial charge on any atom is -0.478 e. The zero-order valence-electron chi connectivity index (χ0n) is 19.6. The van der Waals surface area contributed by atoms with Gasteiger partial charge in [0.2, 0.25) is 0 Å². The lowest BCUT2D eigenvalue weighted by Crippen LogP contribution is -2.38. The number of aryl methyl sites for hydroxylation is 3. The van der Waals surface area contributed by atoms with Crippen LogP contribution in [0.4, 0.5) is 0 Å². The molecule has 2 N–H and O–H groups in total. The van der Waals surface area contributed by atoms with Crippen molar-refractivity contribution in [3.8, 4) is 17.2 Å². The van der Waals surface area contributed by atoms with E-state index in [1.54, 1.807) is 18.2 Å². The molecule has 1 amide bonds. The molecule has 0 aliphatic rings. The largest absolute Gasteiger partial charge is 0.478 e. The van der Waals surface area contributed by atoms with Gasteiger partial charge in [-0.2, -0.15) is 0 Å². The van der Waals surface area contributed by atoms with Gasteiger partial charge in [0, 0.05) is 12.1 Å². The van der Waals surface area contributed by atoms with E-state index in [4.69, 9.17) is 9.47 Å². The van der Waals surface area contributed by atoms with E-state index in [-0.39, 0.29) is 5.91 Å². The highest BCUT2D eigenvalue weighted by molar-refractivity contribution is 5.94. The molecule has 172 valence electrons. The quantitative estimate of drug-likeness (QED) is 0.471. The zero-order chi connectivity index (χ0) is 24.2. The van der Waals surface area contributed by atoms with Crippen LogP contribution >= 0.6 is 0 Å². The number of carboxylic acids is 1. The number of carbonyl (C=O) groups is 2. The molecule has 6 nitrogen and oxygen atoms in total. The van der Waals surface area contributed by atoms with Crippen molar-refractivity contribution in [1.82, 2.24) is 5.32 Å². The first-order valence-corrected chi connectivity index (χ1v) is 10.7. The maximum atomic E-state index is 12.5. The summed E-state index contributed by atoms with van der Waals surface area (Å²) in [5.74, 6) is 0.553. The Bertz CT molecular complexity index is 1180. The van der Waals surface area contributed by atoms with E-state index >= 15 is 0 Å². The van der Waals surface area contributed by atoms with Crippen LogP contribution in [0.5, 0.6) is 17.2 Å². The van der Waals surface area contributed by atoms with Crippen molar-refractivity contribution >= 4 is 11.9 Å². The van der Waals surface area contributed by atoms with Crippen LogP contribution in [0.2, 0.25) is 0 Å². The molecule has 0 bridgehead atoms. The second-order valence-corrected chi connectivity index (χ2v) is 8.58. The van der Waals surface area contributed by atoms with Crippen LogP contribution < -0.4 is 14.8 Å². The average Bonchev–Trinajstić information content (AvgIpc) is 2.76. The summed E-state index contributed by atoms with van der Waals surface area (Å²) in [6.45, 7) is 9.21. The number of carboxylic acid groups (broad SMARTS) is 1. The van der Waals surface area contributed by atoms with Gasteiger partial charge in [0.25, 0.3) is 5.91 Å². The molecular weight excluding hydrogens is 418 g/mol. The first kappa shape index (κ1) is 23.9. The molecule has 0 aliphatic carbocycles. The Kier molecular flexibility index (Phi) is 7.07. The van der Waals surface area contributed by atoms with Crippen molar-refractivity contribution in [1.29, 1.82) is 0 Å². The predicted molar refractivity (Wildman–Crippen MR) is 127 cm³/mol. The van der Waals surface area contributed by atoms with Crippen LogP contribution in [0.1, 0.15) is 46.5 Å². The molecule has 6 heteroatoms. The van der Waals surface area contributed by atoms with Crippen molar-refractivity contribution in [2.45, 2.75) is 46.8 Å². The summed E-state index contributed by atoms with van der Waals surface area (Å²) in [4.78, 5) is 23.8. The van der Waals surface area contributed by atoms with Crippen molar-refractivity contribution in [3.63, 3.8) is 0 Å². The normalized spacial score (nSPS) is 11.1. The van der Waals surface area contributed by atoms with Crippen LogP contribution in [0.25, 0.3) is 0 Å². The third-order valence-corrected chi connectivity index (χ3v) is 5.38. The molecule has 0 unspecified atom stereocenters. The van der Waals surface area contributed by atoms with Gasteiger partial charge in [-0.25, -0.2) is 4.79 Å². The summed E-state index contributed by atoms with van der Waals surface area (Å²) in [6.07, 6.45) is 0. The topological polar surface area (TPSA) is 84.9 Å². The minimum absolute atomic E-state index is 0.125. The predicted octanol–water partition coefficient (Wildman–Crippen LogP) is 5.58. The standard InChI is InChI=1S/C27H29NO5/c1-17-9-10-21(13-18(17)2)25(29)28-16-20-7-6-8-22(15-20)32-23-11-12-24(19(3)14-23)33-27(4,5)26(30)31/h6-15H,16H2,1-5H3,(H,28,29)(H,30,31). The van der Waals surface area contributed by atoms with Crippen molar-refractivity contribution in [3.05, 3.63) is 88.5 Å². The van der Waals surface area contributed by atoms with E-state index in [2.05, 4.69) is 5.32 Å². The van der Waals surface area contributed by atoms with Crippen LogP contribution in [0, 0.1) is 20.8 Å². The molecule has 0 atom stereocenters. The Labute approximate surface area is 194 Å². The SMILES string of the molecule is Cc1ccc(C(=O)NCc2cccc(Oc3ccc(OC(C)(C)C(=O)O)c(C)c3)c2)cc1C. The lowest BCUT2D eigenvalue weighted by Gasteiger charge is -2.23. The Hall–Kier alpha value is -3.80. The maximum Gasteiger partial charge on any atom is 0.347 e. The van der Waals surface area contributed by atoms with E-state index in [1.807, 2.05) is 63.2 Å². The fraction of sp³-hybridized carbons (Fsp3) is 0.259. The average molecular weight is 448 g/mol. The van der Waals surface area contributed by atoms with Crippen LogP contribution in [0.15, 0.2) is 60.7 Å². The molecule has 0 aromatic heterocycles. The molecule has 0 heterocycles. The van der Waals surface area contributed by atoms with Gasteiger partial charge in [0.15, 0.2) is 5.60 Å². The minimum atomic E-state index is -1.33. The number of amides is 1. The highest BCUT2D eigenvalue weighted by atomic mass is 16.5. The number of ether oxygens (including phenoxy) is 2. The van der Waals surface area contributed by atoms with Crippen LogP contribution in [0.3, 0.4) is 0 Å². The summed E-state index contributed by atoms with van der Waals surface area (Å²) in [5, 5.41) is 12.2. The Balaban J connectivity index is 1.65. The molecule has 0 radical (unpaired) electrons. The second-order valence-electron chi connectivity index (χ2n) is 8.58. The molecule has 33 heavy (non-hydrogen) atoms. The van der Waals surface area contributed by atoms with E-state index in [9.17, 15) is 14.7 Å². The summed E-state index contributed by atoms with van der Waals surface area (Å²) < 4.78 is 11.6. The highest BCUT2D eigenvalue weighted by Gasteiger charge is 2.29. The molecule has 3 rings (SSSR count). The molecule has 3 aromatic carbocycles. The van der Waals surface area contributed by atoms with Gasteiger partial charge in [0.05, 0.1) is 0 Å². The molecule has 0 aliphatic heterocycles. The lowest BCUT2D eigenvalue weighted by atomic mass is 10.1. The van der Waals surface area contributed by atoms with E-state index in [0.717, 1.165) is 22.3 Å². The second kappa shape index (κ2) is 9.77. The fourth-order valence-electron chi connectivity index (χ4n) is 3.14. The number of nitrogens with one attached hydrogen (secondary N) is 1. The molecule has 3 aromatic rings. The molecule has 0 saturated heterocycles. The van der Waals surface area contributed by atoms with E-state index in [1.165, 1.54) is 13.8 Å². The van der Waals surface area contributed by atoms with Gasteiger partial charge in [0.1, 0.15) is 17.2 Å². The number of rotatable bonds is 8. The Morgan fingerprint density at radius 1 is 0.879 bits per heavy atom. The first-order chi connectivity index (χ1) is 15.5. The smallest absolute Gasteiger partial charge is 0.347 e. The molecule has 0 spiro atoms. The van der Waals surface area contributed by atoms with E-state index < -0.39 is 11.6 Å². The van der Waals surface area contributed by atoms with Gasteiger partial charge >= 0.3 is 5.97 Å². The van der Waals surface area contributed by atoms with Crippen molar-refractivity contribution < 1.29 is 24.2 Å². The van der Waals surface area contributed by atoms with Crippen molar-refractivity contribution in [2.75, 3.05) is 0 Å². The number of hydrogen-bond acceptors (Lipinski definition) is 4. The number of benzene rings is 3. The summed E-state index contributed by atoms with van der Waals surface area (Å²) in [5.41, 5.74) is 3.20. The van der Waals surface area contributed by atoms with E-state index in [0.29, 0.717) is 29.4 Å². The van der Waals surface area contributed by atoms with Gasteiger partial charge in [-0.3, -0.25) is 4.79 Å². The van der Waals surface area contributed by atoms with Gasteiger partial charge < -0.3 is 19.9 Å². The number of carbonyl (C=O) groups excluding carboxylic acids is 1. The van der Waals surface area contributed by atoms with Gasteiger partial charge in [-0.15, -0.1) is 0 Å². The van der Waals surface area contributed by atoms with Gasteiger partial charge in [-0.1, -0.05) is 18.2 Å².